The minimum Gasteiger partial charge on any atom is -0.399 e. The molecule has 0 bridgehead atoms. The zero-order valence-electron chi connectivity index (χ0n) is 11.0. The molecule has 21 heavy (non-hydrogen) atoms. The first-order valence-corrected chi connectivity index (χ1v) is 6.63. The van der Waals surface area contributed by atoms with Crippen molar-refractivity contribution < 1.29 is 13.6 Å². The minimum atomic E-state index is -0.910. The molecule has 0 radical (unpaired) electrons. The molecule has 2 aromatic carbocycles. The molecule has 0 spiro atoms. The maximum absolute atomic E-state index is 13.5. The van der Waals surface area contributed by atoms with E-state index in [1.807, 2.05) is 12.1 Å². The summed E-state index contributed by atoms with van der Waals surface area (Å²) in [6.07, 6.45) is 0.528. The molecule has 0 unspecified atom stereocenters. The highest BCUT2D eigenvalue weighted by Crippen LogP contribution is 2.26. The van der Waals surface area contributed by atoms with Crippen molar-refractivity contribution in [3.63, 3.8) is 0 Å². The Kier molecular flexibility index (Phi) is 4.75. The maximum Gasteiger partial charge on any atom is 0.224 e. The molecule has 6 heteroatoms. The van der Waals surface area contributed by atoms with Gasteiger partial charge in [0.15, 0.2) is 5.82 Å². The second-order valence-corrected chi connectivity index (χ2v) is 4.90. The first-order chi connectivity index (χ1) is 9.97. The lowest BCUT2D eigenvalue weighted by Crippen LogP contribution is -2.14. The molecule has 0 fully saturated rings. The van der Waals surface area contributed by atoms with Gasteiger partial charge in [-0.15, -0.1) is 0 Å². The quantitative estimate of drug-likeness (QED) is 0.845. The van der Waals surface area contributed by atoms with E-state index in [2.05, 4.69) is 5.32 Å². The fraction of sp³-hybridized carbons (Fsp3) is 0.133. The molecule has 0 aliphatic carbocycles. The van der Waals surface area contributed by atoms with E-state index in [4.69, 9.17) is 17.3 Å². The second-order valence-electron chi connectivity index (χ2n) is 4.49. The van der Waals surface area contributed by atoms with Crippen molar-refractivity contribution in [1.82, 2.24) is 0 Å². The molecule has 3 nitrogen and oxygen atoms in total. The molecule has 0 aromatic heterocycles. The molecule has 0 aliphatic heterocycles. The van der Waals surface area contributed by atoms with E-state index in [1.165, 1.54) is 0 Å². The molecule has 2 rings (SSSR count). The number of benzene rings is 2. The summed E-state index contributed by atoms with van der Waals surface area (Å²) < 4.78 is 26.4. The lowest BCUT2D eigenvalue weighted by atomic mass is 10.1. The predicted molar refractivity (Wildman–Crippen MR) is 79.2 cm³/mol. The highest BCUT2D eigenvalue weighted by molar-refractivity contribution is 6.33. The third kappa shape index (κ3) is 3.92. The van der Waals surface area contributed by atoms with Gasteiger partial charge in [-0.2, -0.15) is 0 Å². The van der Waals surface area contributed by atoms with E-state index in [0.717, 1.165) is 11.6 Å². The molecule has 1 amide bonds. The van der Waals surface area contributed by atoms with Gasteiger partial charge in [0.25, 0.3) is 0 Å². The Morgan fingerprint density at radius 1 is 1.24 bits per heavy atom. The van der Waals surface area contributed by atoms with Gasteiger partial charge in [0.2, 0.25) is 5.91 Å². The van der Waals surface area contributed by atoms with Gasteiger partial charge in [-0.25, -0.2) is 8.78 Å². The average Bonchev–Trinajstić information content (AvgIpc) is 2.42. The van der Waals surface area contributed by atoms with Crippen LogP contribution in [0.1, 0.15) is 12.0 Å². The minimum absolute atomic E-state index is 0.112. The standard InChI is InChI=1S/C15H13ClF2N2O/c16-11-7-10(17)8-12(18)15(11)20-14(21)6-5-9-3-1-2-4-13(9)19/h1-4,7-8H,5-6,19H2,(H,20,21). The number of nitrogens with two attached hydrogens (primary N) is 1. The van der Waals surface area contributed by atoms with Crippen LogP contribution in [0, 0.1) is 11.6 Å². The normalized spacial score (nSPS) is 10.4. The molecule has 110 valence electrons. The number of carbonyl (C=O) groups is 1. The molecular weight excluding hydrogens is 298 g/mol. The number of nitrogens with one attached hydrogen (secondary N) is 1. The van der Waals surface area contributed by atoms with Gasteiger partial charge in [0.05, 0.1) is 10.7 Å². The Balaban J connectivity index is 2.01. The van der Waals surface area contributed by atoms with Crippen LogP contribution < -0.4 is 11.1 Å². The summed E-state index contributed by atoms with van der Waals surface area (Å²) in [6, 6.07) is 8.77. The Morgan fingerprint density at radius 3 is 2.62 bits per heavy atom. The van der Waals surface area contributed by atoms with Crippen LogP contribution in [0.2, 0.25) is 5.02 Å². The van der Waals surface area contributed by atoms with Gasteiger partial charge in [-0.3, -0.25) is 4.79 Å². The summed E-state index contributed by atoms with van der Waals surface area (Å²) in [5, 5.41) is 2.16. The molecule has 0 atom stereocenters. The van der Waals surface area contributed by atoms with Crippen LogP contribution in [0.4, 0.5) is 20.2 Å². The largest absolute Gasteiger partial charge is 0.399 e. The number of hydrogen-bond acceptors (Lipinski definition) is 2. The van der Waals surface area contributed by atoms with Crippen LogP contribution in [0.3, 0.4) is 0 Å². The van der Waals surface area contributed by atoms with Crippen molar-refractivity contribution in [2.45, 2.75) is 12.8 Å². The number of amides is 1. The topological polar surface area (TPSA) is 55.1 Å². The highest BCUT2D eigenvalue weighted by Gasteiger charge is 2.13. The summed E-state index contributed by atoms with van der Waals surface area (Å²) >= 11 is 5.71. The molecule has 0 saturated carbocycles. The van der Waals surface area contributed by atoms with Crippen molar-refractivity contribution in [2.24, 2.45) is 0 Å². The number of aryl methyl sites for hydroxylation is 1. The fourth-order valence-electron chi connectivity index (χ4n) is 1.87. The number of anilines is 2. The molecule has 2 aromatic rings. The third-order valence-electron chi connectivity index (χ3n) is 2.95. The third-order valence-corrected chi connectivity index (χ3v) is 3.25. The van der Waals surface area contributed by atoms with Gasteiger partial charge >= 0.3 is 0 Å². The predicted octanol–water partition coefficient (Wildman–Crippen LogP) is 3.77. The molecule has 0 heterocycles. The summed E-state index contributed by atoms with van der Waals surface area (Å²) in [5.41, 5.74) is 6.98. The van der Waals surface area contributed by atoms with E-state index in [1.54, 1.807) is 12.1 Å². The SMILES string of the molecule is Nc1ccccc1CCC(=O)Nc1c(F)cc(F)cc1Cl. The van der Waals surface area contributed by atoms with E-state index in [-0.39, 0.29) is 17.1 Å². The summed E-state index contributed by atoms with van der Waals surface area (Å²) in [5.74, 6) is -2.13. The summed E-state index contributed by atoms with van der Waals surface area (Å²) in [7, 11) is 0. The number of halogens is 3. The van der Waals surface area contributed by atoms with Gasteiger partial charge in [0, 0.05) is 18.2 Å². The van der Waals surface area contributed by atoms with Gasteiger partial charge in [-0.05, 0) is 24.1 Å². The molecule has 0 aliphatic rings. The van der Waals surface area contributed by atoms with Crippen LogP contribution in [0.25, 0.3) is 0 Å². The first kappa shape index (κ1) is 15.3. The van der Waals surface area contributed by atoms with Crippen molar-refractivity contribution in [2.75, 3.05) is 11.1 Å². The number of rotatable bonds is 4. The highest BCUT2D eigenvalue weighted by atomic mass is 35.5. The Hall–Kier alpha value is -2.14. The van der Waals surface area contributed by atoms with Crippen LogP contribution in [-0.2, 0) is 11.2 Å². The summed E-state index contributed by atoms with van der Waals surface area (Å²) in [6.45, 7) is 0. The fourth-order valence-corrected chi connectivity index (χ4v) is 2.12. The van der Waals surface area contributed by atoms with Crippen molar-refractivity contribution in [3.05, 3.63) is 58.6 Å². The summed E-state index contributed by atoms with van der Waals surface area (Å²) in [4.78, 5) is 11.8. The van der Waals surface area contributed by atoms with Crippen molar-refractivity contribution in [3.8, 4) is 0 Å². The van der Waals surface area contributed by atoms with Crippen LogP contribution in [-0.4, -0.2) is 5.91 Å². The average molecular weight is 311 g/mol. The Bertz CT molecular complexity index is 653. The molecular formula is C15H13ClF2N2O. The molecule has 0 saturated heterocycles. The van der Waals surface area contributed by atoms with Gasteiger partial charge < -0.3 is 11.1 Å². The second kappa shape index (κ2) is 6.54. The van der Waals surface area contributed by atoms with E-state index < -0.39 is 17.5 Å². The monoisotopic (exact) mass is 310 g/mol. The van der Waals surface area contributed by atoms with E-state index in [9.17, 15) is 13.6 Å². The maximum atomic E-state index is 13.5. The lowest BCUT2D eigenvalue weighted by molar-refractivity contribution is -0.116. The van der Waals surface area contributed by atoms with Crippen LogP contribution in [0.15, 0.2) is 36.4 Å². The number of nitrogen functional groups attached to an aromatic ring is 1. The van der Waals surface area contributed by atoms with Crippen LogP contribution >= 0.6 is 11.6 Å². The van der Waals surface area contributed by atoms with Crippen LogP contribution in [0.5, 0.6) is 0 Å². The Morgan fingerprint density at radius 2 is 1.95 bits per heavy atom. The van der Waals surface area contributed by atoms with E-state index >= 15 is 0 Å². The van der Waals surface area contributed by atoms with Gasteiger partial charge in [0.1, 0.15) is 5.82 Å². The smallest absolute Gasteiger partial charge is 0.224 e. The van der Waals surface area contributed by atoms with Crippen molar-refractivity contribution >= 4 is 28.9 Å². The number of para-hydroxylation sites is 1. The number of carbonyl (C=O) groups excluding carboxylic acids is 1. The van der Waals surface area contributed by atoms with E-state index in [0.29, 0.717) is 18.2 Å². The molecule has 3 N–H and O–H groups in total. The lowest BCUT2D eigenvalue weighted by Gasteiger charge is -2.09. The zero-order valence-corrected chi connectivity index (χ0v) is 11.8. The number of hydrogen-bond donors (Lipinski definition) is 2. The van der Waals surface area contributed by atoms with Gasteiger partial charge in [-0.1, -0.05) is 29.8 Å². The zero-order chi connectivity index (χ0) is 15.4. The van der Waals surface area contributed by atoms with Crippen molar-refractivity contribution in [1.29, 1.82) is 0 Å². The Labute approximate surface area is 125 Å². The first-order valence-electron chi connectivity index (χ1n) is 6.25.